The third-order valence-electron chi connectivity index (χ3n) is 1.74. The largest absolute Gasteiger partial charge is 0.396 e. The number of rotatable bonds is 4. The molecule has 0 saturated heterocycles. The predicted octanol–water partition coefficient (Wildman–Crippen LogP) is 1.66. The lowest BCUT2D eigenvalue weighted by Gasteiger charge is -2.17. The van der Waals surface area contributed by atoms with Crippen LogP contribution in [0.4, 0.5) is 5.82 Å². The van der Waals surface area contributed by atoms with Crippen molar-refractivity contribution < 1.29 is 5.11 Å². The first-order chi connectivity index (χ1) is 6.24. The molecule has 0 aliphatic rings. The average Bonchev–Trinajstić information content (AvgIpc) is 2.14. The van der Waals surface area contributed by atoms with E-state index in [1.807, 2.05) is 30.1 Å². The third-order valence-corrected chi connectivity index (χ3v) is 2.18. The maximum Gasteiger partial charge on any atom is 0.129 e. The molecule has 0 unspecified atom stereocenters. The molecule has 13 heavy (non-hydrogen) atoms. The molecule has 0 radical (unpaired) electrons. The topological polar surface area (TPSA) is 36.4 Å². The lowest BCUT2D eigenvalue weighted by molar-refractivity contribution is 0.290. The van der Waals surface area contributed by atoms with E-state index in [0.29, 0.717) is 0 Å². The van der Waals surface area contributed by atoms with Gasteiger partial charge < -0.3 is 10.0 Å². The van der Waals surface area contributed by atoms with Gasteiger partial charge in [0, 0.05) is 20.2 Å². The Morgan fingerprint density at radius 3 is 2.92 bits per heavy atom. The number of aromatic nitrogens is 1. The molecule has 0 amide bonds. The van der Waals surface area contributed by atoms with Crippen LogP contribution in [0.1, 0.15) is 6.42 Å². The summed E-state index contributed by atoms with van der Waals surface area (Å²) >= 11 is 3.31. The summed E-state index contributed by atoms with van der Waals surface area (Å²) in [4.78, 5) is 6.30. The molecule has 72 valence electrons. The number of anilines is 1. The normalized spacial score (nSPS) is 10.1. The standard InChI is InChI=1S/C9H13BrN2O/c1-12(6-3-7-13)9-5-2-4-8(10)11-9/h2,4-5,13H,3,6-7H2,1H3. The Bertz CT molecular complexity index is 268. The van der Waals surface area contributed by atoms with Gasteiger partial charge in [-0.1, -0.05) is 6.07 Å². The van der Waals surface area contributed by atoms with Crippen molar-refractivity contribution in [2.24, 2.45) is 0 Å². The Kier molecular flexibility index (Phi) is 4.18. The first-order valence-electron chi connectivity index (χ1n) is 4.18. The number of aliphatic hydroxyl groups is 1. The van der Waals surface area contributed by atoms with Gasteiger partial charge in [-0.15, -0.1) is 0 Å². The van der Waals surface area contributed by atoms with Crippen molar-refractivity contribution in [3.63, 3.8) is 0 Å². The lowest BCUT2D eigenvalue weighted by Crippen LogP contribution is -2.20. The van der Waals surface area contributed by atoms with E-state index in [1.165, 1.54) is 0 Å². The molecule has 0 aliphatic heterocycles. The number of pyridine rings is 1. The van der Waals surface area contributed by atoms with Gasteiger partial charge in [0.25, 0.3) is 0 Å². The fraction of sp³-hybridized carbons (Fsp3) is 0.444. The highest BCUT2D eigenvalue weighted by Gasteiger charge is 2.01. The molecule has 0 spiro atoms. The molecule has 0 aliphatic carbocycles. The second kappa shape index (κ2) is 5.19. The maximum absolute atomic E-state index is 8.66. The van der Waals surface area contributed by atoms with Gasteiger partial charge in [-0.2, -0.15) is 0 Å². The molecule has 0 aromatic carbocycles. The predicted molar refractivity (Wildman–Crippen MR) is 56.9 cm³/mol. The molecule has 1 heterocycles. The van der Waals surface area contributed by atoms with Crippen molar-refractivity contribution in [2.75, 3.05) is 25.1 Å². The molecule has 1 aromatic heterocycles. The molecule has 1 N–H and O–H groups in total. The monoisotopic (exact) mass is 244 g/mol. The van der Waals surface area contributed by atoms with Crippen LogP contribution in [0.5, 0.6) is 0 Å². The summed E-state index contributed by atoms with van der Waals surface area (Å²) in [5.74, 6) is 0.919. The summed E-state index contributed by atoms with van der Waals surface area (Å²) in [6.07, 6.45) is 0.769. The highest BCUT2D eigenvalue weighted by molar-refractivity contribution is 9.10. The molecule has 3 nitrogen and oxygen atoms in total. The smallest absolute Gasteiger partial charge is 0.129 e. The molecule has 4 heteroatoms. The number of hydrogen-bond acceptors (Lipinski definition) is 3. The SMILES string of the molecule is CN(CCCO)c1cccc(Br)n1. The van der Waals surface area contributed by atoms with E-state index in [9.17, 15) is 0 Å². The summed E-state index contributed by atoms with van der Waals surface area (Å²) in [5, 5.41) is 8.66. The molecular formula is C9H13BrN2O. The van der Waals surface area contributed by atoms with E-state index in [-0.39, 0.29) is 6.61 Å². The Morgan fingerprint density at radius 1 is 1.54 bits per heavy atom. The van der Waals surface area contributed by atoms with Gasteiger partial charge in [0.1, 0.15) is 10.4 Å². The van der Waals surface area contributed by atoms with E-state index in [1.54, 1.807) is 0 Å². The van der Waals surface area contributed by atoms with Crippen LogP contribution in [0.3, 0.4) is 0 Å². The number of hydrogen-bond donors (Lipinski definition) is 1. The van der Waals surface area contributed by atoms with Gasteiger partial charge in [0.2, 0.25) is 0 Å². The Labute approximate surface area is 86.5 Å². The van der Waals surface area contributed by atoms with E-state index >= 15 is 0 Å². The minimum atomic E-state index is 0.221. The van der Waals surface area contributed by atoms with E-state index in [4.69, 9.17) is 5.11 Å². The Balaban J connectivity index is 2.60. The third kappa shape index (κ3) is 3.32. The average molecular weight is 245 g/mol. The van der Waals surface area contributed by atoms with Crippen LogP contribution in [0.25, 0.3) is 0 Å². The molecule has 0 bridgehead atoms. The molecule has 1 aromatic rings. The fourth-order valence-electron chi connectivity index (χ4n) is 1.03. The van der Waals surface area contributed by atoms with Crippen LogP contribution in [0.15, 0.2) is 22.8 Å². The molecule has 1 rings (SSSR count). The van der Waals surface area contributed by atoms with E-state index in [2.05, 4.69) is 20.9 Å². The Morgan fingerprint density at radius 2 is 2.31 bits per heavy atom. The van der Waals surface area contributed by atoms with Crippen molar-refractivity contribution in [1.82, 2.24) is 4.98 Å². The summed E-state index contributed by atoms with van der Waals surface area (Å²) in [5.41, 5.74) is 0. The highest BCUT2D eigenvalue weighted by atomic mass is 79.9. The molecular weight excluding hydrogens is 232 g/mol. The second-order valence-electron chi connectivity index (χ2n) is 2.82. The van der Waals surface area contributed by atoms with Gasteiger partial charge in [-0.3, -0.25) is 0 Å². The number of halogens is 1. The van der Waals surface area contributed by atoms with Crippen molar-refractivity contribution in [1.29, 1.82) is 0 Å². The quantitative estimate of drug-likeness (QED) is 0.819. The summed E-state index contributed by atoms with van der Waals surface area (Å²) in [6, 6.07) is 5.79. The fourth-order valence-corrected chi connectivity index (χ4v) is 1.37. The van der Waals surface area contributed by atoms with Crippen molar-refractivity contribution in [2.45, 2.75) is 6.42 Å². The molecule has 0 fully saturated rings. The van der Waals surface area contributed by atoms with Crippen LogP contribution in [0, 0.1) is 0 Å². The van der Waals surface area contributed by atoms with Crippen LogP contribution < -0.4 is 4.90 Å². The summed E-state index contributed by atoms with van der Waals surface area (Å²) in [6.45, 7) is 1.04. The summed E-state index contributed by atoms with van der Waals surface area (Å²) in [7, 11) is 1.96. The lowest BCUT2D eigenvalue weighted by atomic mass is 10.4. The zero-order valence-electron chi connectivity index (χ0n) is 7.57. The number of nitrogens with zero attached hydrogens (tertiary/aromatic N) is 2. The summed E-state index contributed by atoms with van der Waals surface area (Å²) < 4.78 is 0.834. The molecule has 0 saturated carbocycles. The van der Waals surface area contributed by atoms with Crippen molar-refractivity contribution >= 4 is 21.7 Å². The van der Waals surface area contributed by atoms with E-state index < -0.39 is 0 Å². The first-order valence-corrected chi connectivity index (χ1v) is 4.98. The van der Waals surface area contributed by atoms with Gasteiger partial charge in [0.15, 0.2) is 0 Å². The first kappa shape index (κ1) is 10.5. The van der Waals surface area contributed by atoms with Crippen LogP contribution in [0.2, 0.25) is 0 Å². The molecule has 0 atom stereocenters. The number of aliphatic hydroxyl groups excluding tert-OH is 1. The second-order valence-corrected chi connectivity index (χ2v) is 3.63. The minimum absolute atomic E-state index is 0.221. The van der Waals surface area contributed by atoms with Gasteiger partial charge >= 0.3 is 0 Å². The van der Waals surface area contributed by atoms with Gasteiger partial charge in [-0.05, 0) is 34.5 Å². The maximum atomic E-state index is 8.66. The van der Waals surface area contributed by atoms with Crippen molar-refractivity contribution in [3.8, 4) is 0 Å². The van der Waals surface area contributed by atoms with E-state index in [0.717, 1.165) is 23.4 Å². The minimum Gasteiger partial charge on any atom is -0.396 e. The zero-order chi connectivity index (χ0) is 9.68. The van der Waals surface area contributed by atoms with Gasteiger partial charge in [-0.25, -0.2) is 4.98 Å². The van der Waals surface area contributed by atoms with Gasteiger partial charge in [0.05, 0.1) is 0 Å². The van der Waals surface area contributed by atoms with Crippen LogP contribution in [-0.4, -0.2) is 30.3 Å². The van der Waals surface area contributed by atoms with Crippen LogP contribution in [-0.2, 0) is 0 Å². The Hall–Kier alpha value is -0.610. The van der Waals surface area contributed by atoms with Crippen molar-refractivity contribution in [3.05, 3.63) is 22.8 Å². The van der Waals surface area contributed by atoms with Crippen LogP contribution >= 0.6 is 15.9 Å². The highest BCUT2D eigenvalue weighted by Crippen LogP contribution is 2.13. The zero-order valence-corrected chi connectivity index (χ0v) is 9.16.